The summed E-state index contributed by atoms with van der Waals surface area (Å²) in [7, 11) is 0. The number of cyclic esters (lactones) is 1. The number of hydrogen-bond donors (Lipinski definition) is 6. The first-order valence-corrected chi connectivity index (χ1v) is 13.9. The lowest BCUT2D eigenvalue weighted by Crippen LogP contribution is -2.59. The number of ether oxygens (including phenoxy) is 1. The Labute approximate surface area is 218 Å². The third kappa shape index (κ3) is 8.35. The van der Waals surface area contributed by atoms with Crippen molar-refractivity contribution >= 4 is 5.97 Å². The number of aliphatic hydroxyl groups excluding tert-OH is 3. The van der Waals surface area contributed by atoms with Gasteiger partial charge in [-0.3, -0.25) is 9.69 Å². The first kappa shape index (κ1) is 33.2. The molecule has 1 rings (SSSR count). The van der Waals surface area contributed by atoms with Crippen LogP contribution in [0.25, 0.3) is 0 Å². The van der Waals surface area contributed by atoms with Gasteiger partial charge >= 0.3 is 5.97 Å². The summed E-state index contributed by atoms with van der Waals surface area (Å²) >= 11 is 0. The molecule has 9 heteroatoms. The molecular weight excluding hydrogens is 464 g/mol. The largest absolute Gasteiger partial charge is 0.459 e. The maximum absolute atomic E-state index is 12.9. The third-order valence-corrected chi connectivity index (χ3v) is 8.45. The summed E-state index contributed by atoms with van der Waals surface area (Å²) < 4.78 is 5.63. The molecule has 0 radical (unpaired) electrons. The quantitative estimate of drug-likeness (QED) is 0.207. The summed E-state index contributed by atoms with van der Waals surface area (Å²) in [6, 6.07) is -0.450. The fraction of sp³-hybridized carbons (Fsp3) is 0.963. The van der Waals surface area contributed by atoms with Gasteiger partial charge in [0.1, 0.15) is 17.8 Å². The normalized spacial score (nSPS) is 40.3. The van der Waals surface area contributed by atoms with Crippen LogP contribution in [0.5, 0.6) is 0 Å². The average molecular weight is 519 g/mol. The minimum atomic E-state index is -1.72. The molecular formula is C27H54N2O7. The minimum Gasteiger partial charge on any atom is -0.459 e. The predicted octanol–water partition coefficient (Wildman–Crippen LogP) is 1.56. The van der Waals surface area contributed by atoms with Gasteiger partial charge < -0.3 is 36.0 Å². The second kappa shape index (κ2) is 15.0. The van der Waals surface area contributed by atoms with E-state index in [1.807, 2.05) is 6.92 Å². The van der Waals surface area contributed by atoms with Gasteiger partial charge in [0.05, 0.1) is 23.7 Å². The first-order valence-electron chi connectivity index (χ1n) is 13.9. The lowest BCUT2D eigenvalue weighted by molar-refractivity contribution is -0.194. The monoisotopic (exact) mass is 518 g/mol. The van der Waals surface area contributed by atoms with Gasteiger partial charge in [0.2, 0.25) is 0 Å². The number of hydrogen-bond acceptors (Lipinski definition) is 9. The van der Waals surface area contributed by atoms with Crippen molar-refractivity contribution in [1.29, 1.82) is 0 Å². The van der Waals surface area contributed by atoms with E-state index in [0.29, 0.717) is 32.5 Å². The molecule has 1 fully saturated rings. The van der Waals surface area contributed by atoms with Crippen molar-refractivity contribution in [3.05, 3.63) is 0 Å². The van der Waals surface area contributed by atoms with Gasteiger partial charge in [0.25, 0.3) is 0 Å². The summed E-state index contributed by atoms with van der Waals surface area (Å²) in [6.07, 6.45) is 0.581. The molecule has 0 aromatic rings. The van der Waals surface area contributed by atoms with Crippen molar-refractivity contribution in [3.8, 4) is 0 Å². The Morgan fingerprint density at radius 1 is 1.03 bits per heavy atom. The van der Waals surface area contributed by atoms with E-state index >= 15 is 0 Å². The minimum absolute atomic E-state index is 0.276. The highest BCUT2D eigenvalue weighted by Crippen LogP contribution is 2.33. The SMILES string of the molecule is CC[C@H]1OC(=O)[C@H](C)[C@@H](O)[C@H](C)[C@@H](O)[C@@](O)(CC)CCCN(CCCCCCN)[C@H](C)[C@@H](O)[C@]1(C)O. The standard InChI is InChI=1S/C27H54N2O7/c1-7-21-26(6,34)24(32)20(5)29(16-12-10-9-11-15-28)17-13-14-27(35,8-2)23(31)18(3)22(30)19(4)25(33)36-21/h18-24,30-32,34-35H,7-17,28H2,1-6H3/t18-,19+,20+,21+,22-,23+,24+,26+,27+/m0/s1. The number of carbonyl (C=O) groups excluding carboxylic acids is 1. The van der Waals surface area contributed by atoms with Crippen LogP contribution in [0.1, 0.15) is 92.9 Å². The maximum atomic E-state index is 12.9. The third-order valence-electron chi connectivity index (χ3n) is 8.45. The number of esters is 1. The van der Waals surface area contributed by atoms with Crippen molar-refractivity contribution in [2.24, 2.45) is 17.6 Å². The fourth-order valence-corrected chi connectivity index (χ4v) is 5.47. The fourth-order valence-electron chi connectivity index (χ4n) is 5.47. The lowest BCUT2D eigenvalue weighted by atomic mass is 9.78. The molecule has 214 valence electrons. The maximum Gasteiger partial charge on any atom is 0.311 e. The van der Waals surface area contributed by atoms with Crippen LogP contribution in [-0.4, -0.2) is 97.7 Å². The summed E-state index contributed by atoms with van der Waals surface area (Å²) in [4.78, 5) is 15.0. The Morgan fingerprint density at radius 2 is 1.64 bits per heavy atom. The second-order valence-corrected chi connectivity index (χ2v) is 11.1. The smallest absolute Gasteiger partial charge is 0.311 e. The average Bonchev–Trinajstić information content (AvgIpc) is 2.86. The molecule has 9 nitrogen and oxygen atoms in total. The molecule has 7 N–H and O–H groups in total. The van der Waals surface area contributed by atoms with Crippen LogP contribution >= 0.6 is 0 Å². The topological polar surface area (TPSA) is 157 Å². The van der Waals surface area contributed by atoms with Gasteiger partial charge in [0, 0.05) is 12.0 Å². The number of aliphatic hydroxyl groups is 5. The molecule has 0 bridgehead atoms. The molecule has 1 aliphatic rings. The number of unbranched alkanes of at least 4 members (excludes halogenated alkanes) is 3. The lowest BCUT2D eigenvalue weighted by Gasteiger charge is -2.42. The van der Waals surface area contributed by atoms with E-state index in [-0.39, 0.29) is 12.8 Å². The van der Waals surface area contributed by atoms with Crippen LogP contribution in [0.3, 0.4) is 0 Å². The van der Waals surface area contributed by atoms with E-state index in [9.17, 15) is 30.3 Å². The van der Waals surface area contributed by atoms with Gasteiger partial charge in [-0.1, -0.05) is 33.6 Å². The van der Waals surface area contributed by atoms with E-state index in [4.69, 9.17) is 10.5 Å². The Balaban J connectivity index is 3.32. The molecule has 1 saturated heterocycles. The molecule has 0 unspecified atom stereocenters. The molecule has 0 aromatic heterocycles. The predicted molar refractivity (Wildman–Crippen MR) is 140 cm³/mol. The molecule has 1 heterocycles. The van der Waals surface area contributed by atoms with Gasteiger partial charge in [-0.25, -0.2) is 0 Å². The number of nitrogens with zero attached hydrogens (tertiary/aromatic N) is 1. The van der Waals surface area contributed by atoms with Crippen LogP contribution in [0.2, 0.25) is 0 Å². The van der Waals surface area contributed by atoms with Crippen LogP contribution in [-0.2, 0) is 9.53 Å². The van der Waals surface area contributed by atoms with Gasteiger partial charge in [0.15, 0.2) is 0 Å². The highest BCUT2D eigenvalue weighted by Gasteiger charge is 2.47. The highest BCUT2D eigenvalue weighted by molar-refractivity contribution is 5.73. The highest BCUT2D eigenvalue weighted by atomic mass is 16.6. The zero-order valence-electron chi connectivity index (χ0n) is 23.4. The Kier molecular flexibility index (Phi) is 13.8. The van der Waals surface area contributed by atoms with E-state index in [0.717, 1.165) is 25.7 Å². The Bertz CT molecular complexity index is 650. The van der Waals surface area contributed by atoms with Crippen molar-refractivity contribution in [1.82, 2.24) is 4.90 Å². The van der Waals surface area contributed by atoms with Crippen LogP contribution < -0.4 is 5.73 Å². The first-order chi connectivity index (χ1) is 16.8. The zero-order valence-corrected chi connectivity index (χ0v) is 23.4. The summed E-state index contributed by atoms with van der Waals surface area (Å²) in [5, 5.41) is 55.9. The number of carbonyl (C=O) groups is 1. The van der Waals surface area contributed by atoms with Crippen molar-refractivity contribution in [2.75, 3.05) is 19.6 Å². The van der Waals surface area contributed by atoms with E-state index in [2.05, 4.69) is 4.90 Å². The van der Waals surface area contributed by atoms with Crippen LogP contribution in [0.4, 0.5) is 0 Å². The zero-order chi connectivity index (χ0) is 27.7. The summed E-state index contributed by atoms with van der Waals surface area (Å²) in [5.74, 6) is -2.50. The molecule has 0 amide bonds. The Hall–Kier alpha value is -0.810. The summed E-state index contributed by atoms with van der Waals surface area (Å²) in [5.41, 5.74) is 2.45. The van der Waals surface area contributed by atoms with E-state index in [1.165, 1.54) is 13.8 Å². The van der Waals surface area contributed by atoms with Crippen molar-refractivity contribution < 1.29 is 35.1 Å². The molecule has 9 atom stereocenters. The number of nitrogens with two attached hydrogens (primary N) is 1. The molecule has 0 saturated carbocycles. The van der Waals surface area contributed by atoms with E-state index < -0.39 is 59.5 Å². The van der Waals surface area contributed by atoms with Crippen LogP contribution in [0, 0.1) is 11.8 Å². The van der Waals surface area contributed by atoms with Gasteiger partial charge in [-0.05, 0) is 78.9 Å². The van der Waals surface area contributed by atoms with Crippen molar-refractivity contribution in [3.63, 3.8) is 0 Å². The second-order valence-electron chi connectivity index (χ2n) is 11.1. The van der Waals surface area contributed by atoms with Gasteiger partial charge in [-0.15, -0.1) is 0 Å². The summed E-state index contributed by atoms with van der Waals surface area (Å²) in [6.45, 7) is 11.9. The Morgan fingerprint density at radius 3 is 2.19 bits per heavy atom. The van der Waals surface area contributed by atoms with Gasteiger partial charge in [-0.2, -0.15) is 0 Å². The van der Waals surface area contributed by atoms with E-state index in [1.54, 1.807) is 20.8 Å². The molecule has 0 spiro atoms. The molecule has 1 aliphatic heterocycles. The number of rotatable bonds is 8. The molecule has 0 aliphatic carbocycles. The molecule has 0 aromatic carbocycles. The van der Waals surface area contributed by atoms with Crippen molar-refractivity contribution in [2.45, 2.75) is 135 Å². The van der Waals surface area contributed by atoms with Crippen LogP contribution in [0.15, 0.2) is 0 Å². The molecule has 36 heavy (non-hydrogen) atoms.